The summed E-state index contributed by atoms with van der Waals surface area (Å²) in [4.78, 5) is 18.9. The van der Waals surface area contributed by atoms with Crippen LogP contribution in [0.3, 0.4) is 0 Å². The Morgan fingerprint density at radius 1 is 0.375 bits per heavy atom. The van der Waals surface area contributed by atoms with Crippen LogP contribution in [0.1, 0.15) is 11.5 Å². The van der Waals surface area contributed by atoms with E-state index in [0.29, 0.717) is 17.7 Å². The number of hydrogen-bond donors (Lipinski definition) is 0. The van der Waals surface area contributed by atoms with Gasteiger partial charge in [-0.05, 0) is 54.1 Å². The normalized spacial score (nSPS) is 15.7. The van der Waals surface area contributed by atoms with E-state index in [1.165, 1.54) is 27.1 Å². The van der Waals surface area contributed by atoms with Crippen molar-refractivity contribution in [3.8, 4) is 28.7 Å². The Bertz CT molecular complexity index is 3910. The maximum atomic E-state index is 5.63. The molecule has 0 bridgehead atoms. The Kier molecular flexibility index (Phi) is 7.39. The number of benzene rings is 8. The number of para-hydroxylation sites is 5. The van der Waals surface area contributed by atoms with Crippen molar-refractivity contribution in [2.75, 3.05) is 4.90 Å². The van der Waals surface area contributed by atoms with E-state index in [4.69, 9.17) is 15.0 Å². The molecule has 0 saturated carbocycles. The number of hydrogen-bond acceptors (Lipinski definition) is 4. The lowest BCUT2D eigenvalue weighted by Gasteiger charge is -2.28. The molecule has 1 aliphatic heterocycles. The summed E-state index contributed by atoms with van der Waals surface area (Å²) in [6.07, 6.45) is 8.97. The molecular formula is C57H37N7. The molecule has 2 aliphatic rings. The first-order chi connectivity index (χ1) is 31.8. The Balaban J connectivity index is 1.09. The smallest absolute Gasteiger partial charge is 0.240 e. The van der Waals surface area contributed by atoms with E-state index in [-0.39, 0.29) is 12.0 Å². The quantitative estimate of drug-likeness (QED) is 0.174. The largest absolute Gasteiger partial charge is 0.309 e. The van der Waals surface area contributed by atoms with Crippen LogP contribution in [-0.4, -0.2) is 34.7 Å². The predicted octanol–water partition coefficient (Wildman–Crippen LogP) is 13.6. The summed E-state index contributed by atoms with van der Waals surface area (Å²) in [5, 5.41) is 7.09. The second-order valence-corrected chi connectivity index (χ2v) is 16.8. The highest BCUT2D eigenvalue weighted by atomic mass is 15.3. The summed E-state index contributed by atoms with van der Waals surface area (Å²) < 4.78 is 7.09. The molecule has 5 heterocycles. The maximum absolute atomic E-state index is 5.63. The van der Waals surface area contributed by atoms with Crippen LogP contribution >= 0.6 is 0 Å². The Morgan fingerprint density at radius 3 is 1.59 bits per heavy atom. The fourth-order valence-corrected chi connectivity index (χ4v) is 10.8. The van der Waals surface area contributed by atoms with Gasteiger partial charge in [-0.3, -0.25) is 4.57 Å². The molecular weight excluding hydrogens is 783 g/mol. The van der Waals surface area contributed by atoms with Crippen LogP contribution in [0.2, 0.25) is 0 Å². The van der Waals surface area contributed by atoms with Crippen LogP contribution < -0.4 is 4.90 Å². The van der Waals surface area contributed by atoms with Crippen LogP contribution in [-0.2, 0) is 0 Å². The fraction of sp³-hybridized carbons (Fsp3) is 0.0351. The molecule has 1 aliphatic carbocycles. The summed E-state index contributed by atoms with van der Waals surface area (Å²) in [5.74, 6) is 1.86. The van der Waals surface area contributed by atoms with Gasteiger partial charge in [0.25, 0.3) is 0 Å². The second kappa shape index (κ2) is 13.5. The molecule has 64 heavy (non-hydrogen) atoms. The van der Waals surface area contributed by atoms with Gasteiger partial charge in [0.15, 0.2) is 5.82 Å². The molecule has 7 nitrogen and oxygen atoms in total. The third-order valence-corrected chi connectivity index (χ3v) is 13.4. The van der Waals surface area contributed by atoms with Crippen molar-refractivity contribution in [1.82, 2.24) is 28.7 Å². The van der Waals surface area contributed by atoms with Gasteiger partial charge in [-0.15, -0.1) is 0 Å². The molecule has 14 rings (SSSR count). The molecule has 0 amide bonds. The zero-order valence-electron chi connectivity index (χ0n) is 34.5. The lowest BCUT2D eigenvalue weighted by molar-refractivity contribution is 0.725. The highest BCUT2D eigenvalue weighted by Gasteiger charge is 2.42. The molecule has 300 valence electrons. The lowest BCUT2D eigenvalue weighted by atomic mass is 9.91. The zero-order chi connectivity index (χ0) is 41.9. The Labute approximate surface area is 367 Å². The van der Waals surface area contributed by atoms with Crippen molar-refractivity contribution in [2.24, 2.45) is 0 Å². The monoisotopic (exact) mass is 819 g/mol. The van der Waals surface area contributed by atoms with Gasteiger partial charge in [-0.25, -0.2) is 0 Å². The maximum Gasteiger partial charge on any atom is 0.240 e. The van der Waals surface area contributed by atoms with E-state index in [1.54, 1.807) is 0 Å². The Morgan fingerprint density at radius 2 is 0.906 bits per heavy atom. The van der Waals surface area contributed by atoms with E-state index >= 15 is 0 Å². The molecule has 0 fully saturated rings. The van der Waals surface area contributed by atoms with E-state index in [9.17, 15) is 0 Å². The zero-order valence-corrected chi connectivity index (χ0v) is 34.5. The summed E-state index contributed by atoms with van der Waals surface area (Å²) in [6, 6.07) is 66.9. The van der Waals surface area contributed by atoms with Gasteiger partial charge in [0.1, 0.15) is 0 Å². The first-order valence-corrected chi connectivity index (χ1v) is 21.9. The van der Waals surface area contributed by atoms with Gasteiger partial charge in [-0.1, -0.05) is 164 Å². The molecule has 4 aromatic heterocycles. The van der Waals surface area contributed by atoms with Gasteiger partial charge in [0, 0.05) is 55.2 Å². The summed E-state index contributed by atoms with van der Waals surface area (Å²) >= 11 is 0. The number of nitrogens with zero attached hydrogens (tertiary/aromatic N) is 7. The molecule has 7 heteroatoms. The lowest BCUT2D eigenvalue weighted by Crippen LogP contribution is -2.31. The molecule has 12 aromatic rings. The average Bonchev–Trinajstić information content (AvgIpc) is 4.10. The van der Waals surface area contributed by atoms with Crippen molar-refractivity contribution < 1.29 is 0 Å². The van der Waals surface area contributed by atoms with Crippen molar-refractivity contribution in [2.45, 2.75) is 12.0 Å². The highest BCUT2D eigenvalue weighted by Crippen LogP contribution is 2.52. The van der Waals surface area contributed by atoms with Crippen LogP contribution in [0.15, 0.2) is 212 Å². The van der Waals surface area contributed by atoms with Gasteiger partial charge >= 0.3 is 0 Å². The van der Waals surface area contributed by atoms with E-state index in [2.05, 4.69) is 225 Å². The highest BCUT2D eigenvalue weighted by molar-refractivity contribution is 6.26. The minimum Gasteiger partial charge on any atom is -0.309 e. The van der Waals surface area contributed by atoms with Crippen molar-refractivity contribution in [3.63, 3.8) is 0 Å². The Hall–Kier alpha value is -8.55. The van der Waals surface area contributed by atoms with Crippen LogP contribution in [0.4, 0.5) is 11.6 Å². The number of anilines is 2. The van der Waals surface area contributed by atoms with Crippen molar-refractivity contribution in [1.29, 1.82) is 0 Å². The molecule has 2 atom stereocenters. The molecule has 0 N–H and O–H groups in total. The van der Waals surface area contributed by atoms with Gasteiger partial charge in [-0.2, -0.15) is 15.0 Å². The molecule has 0 spiro atoms. The minimum absolute atomic E-state index is 0.0638. The predicted molar refractivity (Wildman–Crippen MR) is 262 cm³/mol. The number of aromatic nitrogens is 6. The molecule has 8 aromatic carbocycles. The second-order valence-electron chi connectivity index (χ2n) is 16.8. The SMILES string of the molecule is C1=CC2c3ccc4c5ccccc5n(-c5ccccc5)c4c3N(c3nc(-c4ccccc4)nc(-n4c5ccccc5c5c4ccc4c6ccccc6n(-c6ccccc6)c45)n3)C2C=C1. The third-order valence-electron chi connectivity index (χ3n) is 13.4. The van der Waals surface area contributed by atoms with E-state index in [1.807, 2.05) is 6.07 Å². The van der Waals surface area contributed by atoms with Crippen molar-refractivity contribution in [3.05, 3.63) is 218 Å². The number of rotatable bonds is 5. The summed E-state index contributed by atoms with van der Waals surface area (Å²) in [7, 11) is 0. The molecule has 0 radical (unpaired) electrons. The summed E-state index contributed by atoms with van der Waals surface area (Å²) in [6.45, 7) is 0. The van der Waals surface area contributed by atoms with Gasteiger partial charge in [0.05, 0.1) is 44.8 Å². The standard InChI is InChI=1S/C57H37N7/c1-4-18-36(19-5-1)55-58-56(63-49-31-17-13-27-45(49)51-50(63)35-34-42-39-24-10-14-28-46(39)61(52(42)51)37-20-6-2-7-21-37)60-57(59-55)64-48-30-16-12-26-41(48)44-33-32-43-40-25-11-15-29-47(40)62(53(43)54(44)64)38-22-8-3-9-23-38/h1-35,41,48H. The number of allylic oxidation sites excluding steroid dienone is 2. The van der Waals surface area contributed by atoms with E-state index < -0.39 is 0 Å². The molecule has 2 unspecified atom stereocenters. The van der Waals surface area contributed by atoms with Gasteiger partial charge < -0.3 is 14.0 Å². The van der Waals surface area contributed by atoms with Crippen molar-refractivity contribution >= 4 is 77.1 Å². The van der Waals surface area contributed by atoms with Crippen LogP contribution in [0.25, 0.3) is 94.1 Å². The molecule has 0 saturated heterocycles. The van der Waals surface area contributed by atoms with Gasteiger partial charge in [0.2, 0.25) is 11.9 Å². The topological polar surface area (TPSA) is 56.7 Å². The van der Waals surface area contributed by atoms with Crippen LogP contribution in [0, 0.1) is 0 Å². The number of fused-ring (bicyclic) bond motifs is 14. The minimum atomic E-state index is -0.0638. The fourth-order valence-electron chi connectivity index (χ4n) is 10.8. The van der Waals surface area contributed by atoms with Crippen LogP contribution in [0.5, 0.6) is 0 Å². The van der Waals surface area contributed by atoms with E-state index in [0.717, 1.165) is 66.5 Å². The first-order valence-electron chi connectivity index (χ1n) is 21.9. The third kappa shape index (κ3) is 4.89. The average molecular weight is 820 g/mol. The summed E-state index contributed by atoms with van der Waals surface area (Å²) in [5.41, 5.74) is 12.2. The first kappa shape index (κ1) is 35.1.